The third kappa shape index (κ3) is 9.34. The average Bonchev–Trinajstić information content (AvgIpc) is 4.06. The molecule has 5 aliphatic rings. The van der Waals surface area contributed by atoms with Gasteiger partial charge in [-0.2, -0.15) is 10.4 Å². The molecule has 2 aromatic carbocycles. The van der Waals surface area contributed by atoms with Crippen molar-refractivity contribution >= 4 is 52.2 Å². The number of aryl methyl sites for hydroxylation is 1. The zero-order valence-corrected chi connectivity index (χ0v) is 44.7. The number of likely N-dealkylation sites (tertiary alicyclic amines) is 1. The smallest absolute Gasteiger partial charge is 0.264 e. The van der Waals surface area contributed by atoms with Crippen LogP contribution in [0.25, 0.3) is 10.4 Å². The van der Waals surface area contributed by atoms with Crippen molar-refractivity contribution in [3.8, 4) is 22.3 Å². The fraction of sp³-hybridized carbons (Fsp3) is 0.545. The van der Waals surface area contributed by atoms with Crippen LogP contribution in [0.1, 0.15) is 124 Å². The zero-order chi connectivity index (χ0) is 51.7. The number of fused-ring (bicyclic) bond motifs is 2. The molecule has 1 saturated carbocycles. The summed E-state index contributed by atoms with van der Waals surface area (Å²) in [6.45, 7) is 22.7. The number of nitriles is 1. The molecule has 2 saturated heterocycles. The Labute approximate surface area is 436 Å². The normalized spacial score (nSPS) is 23.9. The van der Waals surface area contributed by atoms with Gasteiger partial charge in [0, 0.05) is 128 Å². The molecule has 5 aromatic rings. The van der Waals surface area contributed by atoms with E-state index in [9.17, 15) is 23.6 Å². The van der Waals surface area contributed by atoms with Gasteiger partial charge in [-0.05, 0) is 80.2 Å². The van der Waals surface area contributed by atoms with E-state index in [0.29, 0.717) is 82.8 Å². The van der Waals surface area contributed by atoms with Crippen molar-refractivity contribution < 1.29 is 23.1 Å². The van der Waals surface area contributed by atoms with Crippen LogP contribution in [0.4, 0.5) is 26.2 Å². The molecule has 0 radical (unpaired) electrons. The van der Waals surface area contributed by atoms with E-state index in [1.807, 2.05) is 17.9 Å². The van der Waals surface area contributed by atoms with Crippen molar-refractivity contribution in [1.82, 2.24) is 39.8 Å². The van der Waals surface area contributed by atoms with E-state index < -0.39 is 17.3 Å². The SMILES string of the molecule is CC(=O)N1CCc2c(c(N3CCCc4cc(-c5cncs5)c(C(F)F)cc43)nn2C2CCN(CC3C(C)CN(c4ncc(C(=O)NC5C(C)(C)C(Oc6ccc(C#N)c(Cl)c6C)C5(C)C)cn4)CC3C)CC2)C1. The van der Waals surface area contributed by atoms with Crippen LogP contribution in [0.15, 0.2) is 48.4 Å². The van der Waals surface area contributed by atoms with E-state index in [1.165, 1.54) is 11.3 Å². The third-order valence-electron chi connectivity index (χ3n) is 16.9. The first-order chi connectivity index (χ1) is 34.8. The minimum atomic E-state index is -2.65. The number of piperidine rings is 2. The highest BCUT2D eigenvalue weighted by Gasteiger charge is 2.64. The lowest BCUT2D eigenvalue weighted by Crippen LogP contribution is -2.74. The second-order valence-electron chi connectivity index (χ2n) is 22.4. The van der Waals surface area contributed by atoms with Crippen molar-refractivity contribution in [1.29, 1.82) is 5.26 Å². The third-order valence-corrected chi connectivity index (χ3v) is 18.2. The maximum absolute atomic E-state index is 14.7. The monoisotopic (exact) mass is 1030 g/mol. The Morgan fingerprint density at radius 3 is 2.36 bits per heavy atom. The Bertz CT molecular complexity index is 2900. The number of nitrogens with zero attached hydrogens (tertiary/aromatic N) is 10. The number of hydrogen-bond donors (Lipinski definition) is 1. The number of benzene rings is 2. The Morgan fingerprint density at radius 1 is 1.00 bits per heavy atom. The average molecular weight is 1030 g/mol. The maximum Gasteiger partial charge on any atom is 0.264 e. The largest absolute Gasteiger partial charge is 0.489 e. The molecule has 7 heterocycles. The Kier molecular flexibility index (Phi) is 13.8. The summed E-state index contributed by atoms with van der Waals surface area (Å²) in [5.74, 6) is 3.08. The predicted octanol–water partition coefficient (Wildman–Crippen LogP) is 10.2. The summed E-state index contributed by atoms with van der Waals surface area (Å²) in [4.78, 5) is 49.7. The topological polar surface area (TPSA) is 149 Å². The Hall–Kier alpha value is -5.70. The van der Waals surface area contributed by atoms with Crippen LogP contribution in [-0.4, -0.2) is 104 Å². The first-order valence-electron chi connectivity index (χ1n) is 25.8. The molecule has 2 atom stereocenters. The molecule has 18 heteroatoms. The molecule has 14 nitrogen and oxygen atoms in total. The number of carbonyl (C=O) groups is 2. The molecule has 0 spiro atoms. The van der Waals surface area contributed by atoms with Gasteiger partial charge in [0.15, 0.2) is 5.82 Å². The summed E-state index contributed by atoms with van der Waals surface area (Å²) < 4.78 is 38.3. The van der Waals surface area contributed by atoms with Crippen molar-refractivity contribution in [2.45, 2.75) is 119 Å². The number of anilines is 3. The van der Waals surface area contributed by atoms with Gasteiger partial charge in [-0.25, -0.2) is 18.7 Å². The number of ether oxygens (including phenoxy) is 1. The molecule has 0 bridgehead atoms. The summed E-state index contributed by atoms with van der Waals surface area (Å²) in [6, 6.07) is 9.18. The van der Waals surface area contributed by atoms with Crippen LogP contribution in [0.2, 0.25) is 5.02 Å². The summed E-state index contributed by atoms with van der Waals surface area (Å²) >= 11 is 7.83. The maximum atomic E-state index is 14.7. The molecule has 2 unspecified atom stereocenters. The molecule has 2 amide bonds. The zero-order valence-electron chi connectivity index (χ0n) is 43.1. The highest BCUT2D eigenvalue weighted by atomic mass is 35.5. The molecule has 73 heavy (non-hydrogen) atoms. The van der Waals surface area contributed by atoms with Gasteiger partial charge in [0.1, 0.15) is 17.9 Å². The van der Waals surface area contributed by atoms with Gasteiger partial charge in [0.2, 0.25) is 11.9 Å². The standard InChI is InChI=1S/C55H66ClF2N11O3S/c1-31-26-67(53-61-23-37(24-62-53)50(71)63-51-54(5,6)52(55(51,7)8)72-45-12-11-36(22-59)47(56)33(45)3)27-32(2)41(31)28-65-17-13-38(14-18-65)69-43-15-19-66(34(4)70)29-42(43)49(64-69)68-16-9-10-35-20-39(46-25-60-30-73-46)40(48(57)58)21-44(35)68/h11-12,20-21,23-25,30-32,38,41,48,51-52H,9-10,13-19,26-29H2,1-8H3,(H,63,71). The first-order valence-corrected chi connectivity index (χ1v) is 27.0. The second-order valence-corrected chi connectivity index (χ2v) is 23.7. The lowest BCUT2D eigenvalue weighted by Gasteiger charge is -2.63. The number of carbonyl (C=O) groups excluding carboxylic acids is 2. The molecular weight excluding hydrogens is 968 g/mol. The van der Waals surface area contributed by atoms with E-state index in [2.05, 4.69) is 77.3 Å². The van der Waals surface area contributed by atoms with Gasteiger partial charge in [0.05, 0.1) is 39.1 Å². The number of aromatic nitrogens is 5. The molecule has 386 valence electrons. The van der Waals surface area contributed by atoms with Crippen LogP contribution in [0.3, 0.4) is 0 Å². The van der Waals surface area contributed by atoms with E-state index in [1.54, 1.807) is 49.2 Å². The molecule has 10 rings (SSSR count). The van der Waals surface area contributed by atoms with E-state index >= 15 is 0 Å². The molecule has 1 N–H and O–H groups in total. The number of halogens is 3. The van der Waals surface area contributed by atoms with Crippen molar-refractivity contribution in [2.24, 2.45) is 28.6 Å². The minimum absolute atomic E-state index is 0.00335. The van der Waals surface area contributed by atoms with Crippen molar-refractivity contribution in [3.05, 3.63) is 92.5 Å². The van der Waals surface area contributed by atoms with Crippen LogP contribution < -0.4 is 19.9 Å². The number of alkyl halides is 2. The summed E-state index contributed by atoms with van der Waals surface area (Å²) in [5, 5.41) is 18.4. The van der Waals surface area contributed by atoms with Gasteiger partial charge >= 0.3 is 0 Å². The second kappa shape index (κ2) is 19.9. The Morgan fingerprint density at radius 2 is 1.71 bits per heavy atom. The summed E-state index contributed by atoms with van der Waals surface area (Å²) in [6.07, 6.45) is 6.30. The highest BCUT2D eigenvalue weighted by Crippen LogP contribution is 2.56. The Balaban J connectivity index is 0.766. The molecule has 4 aliphatic heterocycles. The van der Waals surface area contributed by atoms with Gasteiger partial charge in [-0.1, -0.05) is 53.1 Å². The number of hydrogen-bond acceptors (Lipinski definition) is 12. The number of thiazole rings is 1. The number of nitrogens with one attached hydrogen (secondary N) is 1. The van der Waals surface area contributed by atoms with Crippen molar-refractivity contribution in [3.63, 3.8) is 0 Å². The molecular formula is C55H66ClF2N11O3S. The fourth-order valence-corrected chi connectivity index (χ4v) is 14.1. The summed E-state index contributed by atoms with van der Waals surface area (Å²) in [5.41, 5.74) is 6.93. The van der Waals surface area contributed by atoms with Crippen LogP contribution in [0.5, 0.6) is 5.75 Å². The summed E-state index contributed by atoms with van der Waals surface area (Å²) in [7, 11) is 0. The van der Waals surface area contributed by atoms with E-state index in [-0.39, 0.29) is 35.6 Å². The lowest BCUT2D eigenvalue weighted by molar-refractivity contribution is -0.164. The molecule has 3 aromatic heterocycles. The van der Waals surface area contributed by atoms with Gasteiger partial charge in [-0.15, -0.1) is 11.3 Å². The quantitative estimate of drug-likeness (QED) is 0.135. The van der Waals surface area contributed by atoms with Crippen molar-refractivity contribution in [2.75, 3.05) is 55.6 Å². The van der Waals surface area contributed by atoms with Gasteiger partial charge in [0.25, 0.3) is 12.3 Å². The number of rotatable bonds is 11. The lowest BCUT2D eigenvalue weighted by atomic mass is 9.49. The van der Waals surface area contributed by atoms with Crippen LogP contribution >= 0.6 is 22.9 Å². The van der Waals surface area contributed by atoms with E-state index in [0.717, 1.165) is 91.6 Å². The fourth-order valence-electron chi connectivity index (χ4n) is 13.2. The molecule has 1 aliphatic carbocycles. The molecule has 3 fully saturated rings. The minimum Gasteiger partial charge on any atom is -0.489 e. The first kappa shape index (κ1) is 50.8. The van der Waals surface area contributed by atoms with Gasteiger partial charge in [-0.3, -0.25) is 19.3 Å². The van der Waals surface area contributed by atoms with Crippen LogP contribution in [-0.2, 0) is 24.2 Å². The highest BCUT2D eigenvalue weighted by molar-refractivity contribution is 7.13. The number of amides is 2. The predicted molar refractivity (Wildman–Crippen MR) is 280 cm³/mol. The van der Waals surface area contributed by atoms with Crippen LogP contribution in [0, 0.1) is 46.8 Å². The van der Waals surface area contributed by atoms with Gasteiger partial charge < -0.3 is 29.7 Å². The van der Waals surface area contributed by atoms with E-state index in [4.69, 9.17) is 31.4 Å².